The van der Waals surface area contributed by atoms with Crippen molar-refractivity contribution in [1.82, 2.24) is 4.31 Å². The van der Waals surface area contributed by atoms with E-state index in [1.807, 2.05) is 60.7 Å². The molecule has 0 aromatic heterocycles. The van der Waals surface area contributed by atoms with Gasteiger partial charge in [0.15, 0.2) is 5.60 Å². The molecule has 0 aliphatic carbocycles. The zero-order valence-electron chi connectivity index (χ0n) is 17.3. The minimum atomic E-state index is -3.79. The van der Waals surface area contributed by atoms with Crippen LogP contribution < -0.4 is 10.5 Å². The maximum absolute atomic E-state index is 13.3. The summed E-state index contributed by atoms with van der Waals surface area (Å²) in [6, 6.07) is 24.1. The van der Waals surface area contributed by atoms with Crippen LogP contribution in [0, 0.1) is 0 Å². The molecule has 0 unspecified atom stereocenters. The molecule has 8 heteroatoms. The molecule has 0 saturated carbocycles. The van der Waals surface area contributed by atoms with Crippen molar-refractivity contribution in [2.75, 3.05) is 13.1 Å². The predicted molar refractivity (Wildman–Crippen MR) is 120 cm³/mol. The fraction of sp³-hybridized carbons (Fsp3) is 0.208. The van der Waals surface area contributed by atoms with Crippen LogP contribution in [0.15, 0.2) is 89.8 Å². The minimum absolute atomic E-state index is 0.0454. The highest BCUT2D eigenvalue weighted by Gasteiger charge is 2.52. The molecule has 1 heterocycles. The van der Waals surface area contributed by atoms with Crippen LogP contribution in [0.5, 0.6) is 5.75 Å². The first-order valence-electron chi connectivity index (χ1n) is 10.2. The van der Waals surface area contributed by atoms with Gasteiger partial charge < -0.3 is 15.6 Å². The van der Waals surface area contributed by atoms with Gasteiger partial charge in [0, 0.05) is 0 Å². The summed E-state index contributed by atoms with van der Waals surface area (Å²) in [6.07, 6.45) is 0.0454. The Balaban J connectivity index is 1.58. The van der Waals surface area contributed by atoms with Crippen molar-refractivity contribution in [1.29, 1.82) is 0 Å². The van der Waals surface area contributed by atoms with Gasteiger partial charge in [-0.3, -0.25) is 4.79 Å². The third-order valence-electron chi connectivity index (χ3n) is 5.53. The lowest BCUT2D eigenvalue weighted by Crippen LogP contribution is -2.63. The average Bonchev–Trinajstić information content (AvgIpc) is 2.77. The van der Waals surface area contributed by atoms with E-state index >= 15 is 0 Å². The van der Waals surface area contributed by atoms with E-state index in [4.69, 9.17) is 15.6 Å². The molecule has 7 nitrogen and oxygen atoms in total. The number of rotatable bonds is 8. The summed E-state index contributed by atoms with van der Waals surface area (Å²) in [4.78, 5) is 11.1. The molecule has 3 aromatic carbocycles. The number of hydrogen-bond acceptors (Lipinski definition) is 5. The first-order chi connectivity index (χ1) is 15.3. The van der Waals surface area contributed by atoms with Crippen LogP contribution in [-0.2, 0) is 26.8 Å². The van der Waals surface area contributed by atoms with E-state index in [-0.39, 0.29) is 24.4 Å². The van der Waals surface area contributed by atoms with Gasteiger partial charge in [-0.15, -0.1) is 0 Å². The molecule has 0 amide bonds. The van der Waals surface area contributed by atoms with E-state index in [2.05, 4.69) is 0 Å². The summed E-state index contributed by atoms with van der Waals surface area (Å²) in [7, 11) is -3.79. The van der Waals surface area contributed by atoms with Crippen molar-refractivity contribution in [3.8, 4) is 5.75 Å². The molecule has 0 radical (unpaired) electrons. The first-order valence-corrected chi connectivity index (χ1v) is 11.6. The van der Waals surface area contributed by atoms with Crippen molar-refractivity contribution < 1.29 is 23.1 Å². The molecule has 0 bridgehead atoms. The Morgan fingerprint density at radius 1 is 1.00 bits per heavy atom. The quantitative estimate of drug-likeness (QED) is 0.544. The monoisotopic (exact) mass is 452 g/mol. The van der Waals surface area contributed by atoms with Crippen LogP contribution in [0.25, 0.3) is 0 Å². The van der Waals surface area contributed by atoms with Gasteiger partial charge in [0.25, 0.3) is 0 Å². The second-order valence-electron chi connectivity index (χ2n) is 7.84. The predicted octanol–water partition coefficient (Wildman–Crippen LogP) is 2.62. The molecular formula is C24H24N2O5S. The lowest BCUT2D eigenvalue weighted by molar-refractivity contribution is -0.138. The van der Waals surface area contributed by atoms with Crippen molar-refractivity contribution in [2.24, 2.45) is 5.73 Å². The number of benzene rings is 3. The molecule has 4 rings (SSSR count). The maximum Gasteiger partial charge on any atom is 0.320 e. The summed E-state index contributed by atoms with van der Waals surface area (Å²) in [6.45, 7) is 0.320. The van der Waals surface area contributed by atoms with Crippen molar-refractivity contribution in [3.05, 3.63) is 96.1 Å². The fourth-order valence-corrected chi connectivity index (χ4v) is 5.38. The number of hydrogen-bond donors (Lipinski definition) is 2. The zero-order valence-corrected chi connectivity index (χ0v) is 18.1. The molecule has 3 aromatic rings. The van der Waals surface area contributed by atoms with E-state index in [1.165, 1.54) is 16.4 Å². The standard InChI is InChI=1S/C24H24N2O5S/c25-22(23(27)28)15-18-8-7-13-21(14-18)32(29,30)26-16-24(17-26,19-9-3-1-4-10-19)31-20-11-5-2-6-12-20/h1-14,22H,15-17,25H2,(H,27,28)/t22-/m0/s1. The minimum Gasteiger partial charge on any atom is -0.480 e. The summed E-state index contributed by atoms with van der Waals surface area (Å²) in [5, 5.41) is 9.03. The summed E-state index contributed by atoms with van der Waals surface area (Å²) in [5.41, 5.74) is 6.26. The highest BCUT2D eigenvalue weighted by Crippen LogP contribution is 2.40. The molecule has 1 aliphatic rings. The topological polar surface area (TPSA) is 110 Å². The van der Waals surface area contributed by atoms with Gasteiger partial charge in [-0.05, 0) is 41.8 Å². The first kappa shape index (κ1) is 22.0. The molecule has 1 atom stereocenters. The van der Waals surface area contributed by atoms with Crippen molar-refractivity contribution in [3.63, 3.8) is 0 Å². The maximum atomic E-state index is 13.3. The largest absolute Gasteiger partial charge is 0.480 e. The number of nitrogens with zero attached hydrogens (tertiary/aromatic N) is 1. The van der Waals surface area contributed by atoms with Crippen LogP contribution in [0.3, 0.4) is 0 Å². The second kappa shape index (κ2) is 8.74. The number of carboxylic acid groups (broad SMARTS) is 1. The Morgan fingerprint density at radius 2 is 1.62 bits per heavy atom. The number of nitrogens with two attached hydrogens (primary N) is 1. The smallest absolute Gasteiger partial charge is 0.320 e. The van der Waals surface area contributed by atoms with E-state index in [9.17, 15) is 13.2 Å². The lowest BCUT2D eigenvalue weighted by atomic mass is 9.87. The average molecular weight is 453 g/mol. The van der Waals surface area contributed by atoms with Gasteiger partial charge in [-0.1, -0.05) is 60.7 Å². The van der Waals surface area contributed by atoms with E-state index in [0.29, 0.717) is 11.3 Å². The highest BCUT2D eigenvalue weighted by molar-refractivity contribution is 7.89. The molecule has 1 aliphatic heterocycles. The van der Waals surface area contributed by atoms with Gasteiger partial charge >= 0.3 is 5.97 Å². The van der Waals surface area contributed by atoms with Crippen molar-refractivity contribution in [2.45, 2.75) is 23.0 Å². The molecule has 166 valence electrons. The van der Waals surface area contributed by atoms with E-state index < -0.39 is 27.6 Å². The Hall–Kier alpha value is -3.20. The van der Waals surface area contributed by atoms with E-state index in [1.54, 1.807) is 12.1 Å². The van der Waals surface area contributed by atoms with Crippen LogP contribution in [0.4, 0.5) is 0 Å². The third kappa shape index (κ3) is 4.38. The molecular weight excluding hydrogens is 428 g/mol. The number of sulfonamides is 1. The number of carbonyl (C=O) groups is 1. The second-order valence-corrected chi connectivity index (χ2v) is 9.78. The van der Waals surface area contributed by atoms with Gasteiger partial charge in [-0.2, -0.15) is 4.31 Å². The van der Waals surface area contributed by atoms with Gasteiger partial charge in [0.05, 0.1) is 18.0 Å². The van der Waals surface area contributed by atoms with Crippen LogP contribution >= 0.6 is 0 Å². The highest BCUT2D eigenvalue weighted by atomic mass is 32.2. The van der Waals surface area contributed by atoms with Crippen LogP contribution in [-0.4, -0.2) is 42.9 Å². The Labute approximate surface area is 187 Å². The molecule has 0 spiro atoms. The third-order valence-corrected chi connectivity index (χ3v) is 7.32. The summed E-state index contributed by atoms with van der Waals surface area (Å²) >= 11 is 0. The Morgan fingerprint density at radius 3 is 2.25 bits per heavy atom. The number of carboxylic acids is 1. The van der Waals surface area contributed by atoms with Crippen LogP contribution in [0.2, 0.25) is 0 Å². The van der Waals surface area contributed by atoms with Crippen LogP contribution in [0.1, 0.15) is 11.1 Å². The SMILES string of the molecule is N[C@@H](Cc1cccc(S(=O)(=O)N2CC(Oc3ccccc3)(c3ccccc3)C2)c1)C(=O)O. The number of ether oxygens (including phenoxy) is 1. The molecule has 3 N–H and O–H groups in total. The molecule has 1 saturated heterocycles. The van der Waals surface area contributed by atoms with Gasteiger partial charge in [-0.25, -0.2) is 8.42 Å². The molecule has 1 fully saturated rings. The van der Waals surface area contributed by atoms with E-state index in [0.717, 1.165) is 5.56 Å². The zero-order chi connectivity index (χ0) is 22.8. The Bertz CT molecular complexity index is 1190. The summed E-state index contributed by atoms with van der Waals surface area (Å²) in [5.74, 6) is -0.468. The summed E-state index contributed by atoms with van der Waals surface area (Å²) < 4.78 is 34.2. The fourth-order valence-electron chi connectivity index (χ4n) is 3.78. The normalized spacial score (nSPS) is 16.7. The lowest BCUT2D eigenvalue weighted by Gasteiger charge is -2.48. The number of para-hydroxylation sites is 1. The van der Waals surface area contributed by atoms with Gasteiger partial charge in [0.1, 0.15) is 11.8 Å². The van der Waals surface area contributed by atoms with Gasteiger partial charge in [0.2, 0.25) is 10.0 Å². The van der Waals surface area contributed by atoms with Crippen molar-refractivity contribution >= 4 is 16.0 Å². The molecule has 32 heavy (non-hydrogen) atoms. The number of aliphatic carboxylic acids is 1. The Kier molecular flexibility index (Phi) is 6.01.